The van der Waals surface area contributed by atoms with Crippen LogP contribution in [0.4, 0.5) is 0 Å². The second-order valence-corrected chi connectivity index (χ2v) is 3.02. The number of aromatic nitrogens is 2. The first-order valence-corrected chi connectivity index (χ1v) is 4.51. The number of rotatable bonds is 5. The van der Waals surface area contributed by atoms with Crippen molar-refractivity contribution in [3.05, 3.63) is 18.0 Å². The van der Waals surface area contributed by atoms with Gasteiger partial charge in [0.2, 0.25) is 0 Å². The fourth-order valence-electron chi connectivity index (χ4n) is 1.14. The van der Waals surface area contributed by atoms with E-state index >= 15 is 0 Å². The Morgan fingerprint density at radius 2 is 2.33 bits per heavy atom. The minimum atomic E-state index is 1.06. The summed E-state index contributed by atoms with van der Waals surface area (Å²) in [7, 11) is 1.95. The molecule has 0 fully saturated rings. The van der Waals surface area contributed by atoms with E-state index in [-0.39, 0.29) is 0 Å². The number of aryl methyl sites for hydroxylation is 1. The Morgan fingerprint density at radius 3 is 2.92 bits per heavy atom. The van der Waals surface area contributed by atoms with Crippen molar-refractivity contribution in [1.82, 2.24) is 15.1 Å². The Labute approximate surface area is 73.8 Å². The predicted octanol–water partition coefficient (Wildman–Crippen LogP) is 0.962. The lowest BCUT2D eigenvalue weighted by molar-refractivity contribution is 0.671. The van der Waals surface area contributed by atoms with Crippen LogP contribution in [0.2, 0.25) is 0 Å². The molecule has 0 atom stereocenters. The molecular weight excluding hydrogens is 150 g/mol. The maximum atomic E-state index is 4.10. The summed E-state index contributed by atoms with van der Waals surface area (Å²) in [6.07, 6.45) is 6.27. The van der Waals surface area contributed by atoms with Gasteiger partial charge in [-0.2, -0.15) is 5.10 Å². The molecule has 68 valence electrons. The Balaban J connectivity index is 2.15. The molecule has 0 aliphatic rings. The maximum Gasteiger partial charge on any atom is 0.0522 e. The molecule has 1 heterocycles. The third kappa shape index (κ3) is 3.05. The van der Waals surface area contributed by atoms with E-state index in [1.807, 2.05) is 17.9 Å². The lowest BCUT2D eigenvalue weighted by atomic mass is 10.2. The van der Waals surface area contributed by atoms with Crippen LogP contribution in [0.1, 0.15) is 18.9 Å². The van der Waals surface area contributed by atoms with Gasteiger partial charge in [0.15, 0.2) is 0 Å². The van der Waals surface area contributed by atoms with E-state index in [4.69, 9.17) is 0 Å². The van der Waals surface area contributed by atoms with E-state index in [2.05, 4.69) is 23.5 Å². The predicted molar refractivity (Wildman–Crippen MR) is 50.1 cm³/mol. The summed E-state index contributed by atoms with van der Waals surface area (Å²) >= 11 is 0. The molecule has 1 rings (SSSR count). The van der Waals surface area contributed by atoms with Crippen molar-refractivity contribution in [3.8, 4) is 0 Å². The van der Waals surface area contributed by atoms with Crippen LogP contribution in [-0.2, 0) is 13.5 Å². The van der Waals surface area contributed by atoms with Crippen LogP contribution in [0, 0.1) is 0 Å². The van der Waals surface area contributed by atoms with Crippen molar-refractivity contribution in [3.63, 3.8) is 0 Å². The normalized spacial score (nSPS) is 10.5. The Kier molecular flexibility index (Phi) is 3.80. The van der Waals surface area contributed by atoms with Crippen molar-refractivity contribution in [2.24, 2.45) is 7.05 Å². The largest absolute Gasteiger partial charge is 0.316 e. The van der Waals surface area contributed by atoms with Gasteiger partial charge < -0.3 is 5.32 Å². The zero-order valence-electron chi connectivity index (χ0n) is 7.88. The van der Waals surface area contributed by atoms with Gasteiger partial charge in [-0.05, 0) is 31.5 Å². The van der Waals surface area contributed by atoms with Crippen molar-refractivity contribution < 1.29 is 0 Å². The van der Waals surface area contributed by atoms with E-state index in [1.165, 1.54) is 12.0 Å². The van der Waals surface area contributed by atoms with Crippen molar-refractivity contribution in [1.29, 1.82) is 0 Å². The molecule has 0 saturated carbocycles. The maximum absolute atomic E-state index is 4.10. The minimum absolute atomic E-state index is 1.06. The first-order valence-electron chi connectivity index (χ1n) is 4.51. The van der Waals surface area contributed by atoms with Gasteiger partial charge >= 0.3 is 0 Å². The van der Waals surface area contributed by atoms with Gasteiger partial charge in [0.05, 0.1) is 6.20 Å². The van der Waals surface area contributed by atoms with Gasteiger partial charge in [-0.1, -0.05) is 6.92 Å². The van der Waals surface area contributed by atoms with Gasteiger partial charge in [-0.3, -0.25) is 4.68 Å². The van der Waals surface area contributed by atoms with Crippen molar-refractivity contribution in [2.45, 2.75) is 19.8 Å². The molecule has 3 nitrogen and oxygen atoms in total. The van der Waals surface area contributed by atoms with Crippen LogP contribution < -0.4 is 5.32 Å². The lowest BCUT2D eigenvalue weighted by Crippen LogP contribution is -2.17. The summed E-state index contributed by atoms with van der Waals surface area (Å²) in [6.45, 7) is 4.34. The van der Waals surface area contributed by atoms with Gasteiger partial charge in [-0.25, -0.2) is 0 Å². The molecule has 0 amide bonds. The molecule has 0 bridgehead atoms. The van der Waals surface area contributed by atoms with Gasteiger partial charge in [0, 0.05) is 13.2 Å². The van der Waals surface area contributed by atoms with E-state index in [9.17, 15) is 0 Å². The zero-order valence-corrected chi connectivity index (χ0v) is 7.88. The average molecular weight is 167 g/mol. The van der Waals surface area contributed by atoms with Gasteiger partial charge in [0.25, 0.3) is 0 Å². The summed E-state index contributed by atoms with van der Waals surface area (Å²) in [5.74, 6) is 0. The molecule has 1 aromatic rings. The molecule has 3 heteroatoms. The molecule has 0 aliphatic heterocycles. The number of hydrogen-bond donors (Lipinski definition) is 1. The highest BCUT2D eigenvalue weighted by molar-refractivity contribution is 5.03. The van der Waals surface area contributed by atoms with Crippen molar-refractivity contribution in [2.75, 3.05) is 13.1 Å². The fourth-order valence-corrected chi connectivity index (χ4v) is 1.14. The van der Waals surface area contributed by atoms with E-state index in [1.54, 1.807) is 0 Å². The quantitative estimate of drug-likeness (QED) is 0.662. The Bertz CT molecular complexity index is 217. The molecule has 0 aliphatic carbocycles. The molecule has 0 saturated heterocycles. The topological polar surface area (TPSA) is 29.9 Å². The first-order chi connectivity index (χ1) is 5.83. The Morgan fingerprint density at radius 1 is 1.50 bits per heavy atom. The molecule has 0 spiro atoms. The van der Waals surface area contributed by atoms with Gasteiger partial charge in [0.1, 0.15) is 0 Å². The van der Waals surface area contributed by atoms with E-state index in [0.717, 1.165) is 19.5 Å². The summed E-state index contributed by atoms with van der Waals surface area (Å²) in [5.41, 5.74) is 1.31. The van der Waals surface area contributed by atoms with Crippen LogP contribution >= 0.6 is 0 Å². The van der Waals surface area contributed by atoms with E-state index in [0.29, 0.717) is 0 Å². The molecule has 1 N–H and O–H groups in total. The highest BCUT2D eigenvalue weighted by Gasteiger charge is 1.94. The van der Waals surface area contributed by atoms with Crippen molar-refractivity contribution >= 4 is 0 Å². The third-order valence-corrected chi connectivity index (χ3v) is 1.78. The van der Waals surface area contributed by atoms with E-state index < -0.39 is 0 Å². The molecule has 0 aromatic carbocycles. The monoisotopic (exact) mass is 167 g/mol. The lowest BCUT2D eigenvalue weighted by Gasteiger charge is -1.99. The summed E-state index contributed by atoms with van der Waals surface area (Å²) in [5, 5.41) is 7.46. The third-order valence-electron chi connectivity index (χ3n) is 1.78. The standard InChI is InChI=1S/C9H17N3/c1-3-5-10-6-4-9-7-11-12(2)8-9/h7-8,10H,3-6H2,1-2H3. The zero-order chi connectivity index (χ0) is 8.81. The number of hydrogen-bond acceptors (Lipinski definition) is 2. The van der Waals surface area contributed by atoms with Crippen LogP contribution in [0.5, 0.6) is 0 Å². The van der Waals surface area contributed by atoms with Crippen LogP contribution in [0.15, 0.2) is 12.4 Å². The number of nitrogens with zero attached hydrogens (tertiary/aromatic N) is 2. The van der Waals surface area contributed by atoms with Crippen LogP contribution in [0.25, 0.3) is 0 Å². The first kappa shape index (κ1) is 9.26. The summed E-state index contributed by atoms with van der Waals surface area (Å²) in [6, 6.07) is 0. The Hall–Kier alpha value is -0.830. The average Bonchev–Trinajstić information content (AvgIpc) is 2.45. The molecular formula is C9H17N3. The molecule has 0 unspecified atom stereocenters. The second kappa shape index (κ2) is 4.93. The highest BCUT2D eigenvalue weighted by atomic mass is 15.2. The number of nitrogens with one attached hydrogen (secondary N) is 1. The summed E-state index contributed by atoms with van der Waals surface area (Å²) in [4.78, 5) is 0. The minimum Gasteiger partial charge on any atom is -0.316 e. The summed E-state index contributed by atoms with van der Waals surface area (Å²) < 4.78 is 1.84. The molecule has 0 radical (unpaired) electrons. The smallest absolute Gasteiger partial charge is 0.0522 e. The SMILES string of the molecule is CCCNCCc1cnn(C)c1. The van der Waals surface area contributed by atoms with Crippen LogP contribution in [-0.4, -0.2) is 22.9 Å². The second-order valence-electron chi connectivity index (χ2n) is 3.02. The van der Waals surface area contributed by atoms with Crippen LogP contribution in [0.3, 0.4) is 0 Å². The highest BCUT2D eigenvalue weighted by Crippen LogP contribution is 1.95. The molecule has 1 aromatic heterocycles. The van der Waals surface area contributed by atoms with Gasteiger partial charge in [-0.15, -0.1) is 0 Å². The fraction of sp³-hybridized carbons (Fsp3) is 0.667. The molecule has 12 heavy (non-hydrogen) atoms.